The van der Waals surface area contributed by atoms with E-state index in [2.05, 4.69) is 6.07 Å². The fourth-order valence-corrected chi connectivity index (χ4v) is 2.05. The third-order valence-electron chi connectivity index (χ3n) is 3.60. The van der Waals surface area contributed by atoms with E-state index in [-0.39, 0.29) is 11.1 Å². The van der Waals surface area contributed by atoms with Crippen LogP contribution in [0.15, 0.2) is 18.2 Å². The van der Waals surface area contributed by atoms with Gasteiger partial charge in [-0.2, -0.15) is 5.26 Å². The molecule has 1 N–H and O–H groups in total. The maximum absolute atomic E-state index is 10.7. The topological polar surface area (TPSA) is 96.4 Å². The number of aliphatic hydroxyl groups is 1. The molecule has 0 spiro atoms. The quantitative estimate of drug-likeness (QED) is 0.636. The summed E-state index contributed by atoms with van der Waals surface area (Å²) in [6.07, 6.45) is 1.51. The van der Waals surface area contributed by atoms with Gasteiger partial charge in [-0.15, -0.1) is 0 Å². The van der Waals surface area contributed by atoms with E-state index in [1.807, 2.05) is 0 Å². The molecule has 1 aliphatic carbocycles. The van der Waals surface area contributed by atoms with Crippen molar-refractivity contribution in [2.45, 2.75) is 32.3 Å². The lowest BCUT2D eigenvalue weighted by Crippen LogP contribution is -2.13. The smallest absolute Gasteiger partial charge is 0.270 e. The van der Waals surface area contributed by atoms with Gasteiger partial charge in [0.05, 0.1) is 23.7 Å². The molecular weight excluding hydrogens is 260 g/mol. The lowest BCUT2D eigenvalue weighted by Gasteiger charge is -2.16. The van der Waals surface area contributed by atoms with Crippen molar-refractivity contribution in [2.24, 2.45) is 5.41 Å². The summed E-state index contributed by atoms with van der Waals surface area (Å²) in [6.45, 7) is 1.94. The van der Waals surface area contributed by atoms with Gasteiger partial charge in [0.25, 0.3) is 5.69 Å². The van der Waals surface area contributed by atoms with Gasteiger partial charge in [0, 0.05) is 29.5 Å². The predicted molar refractivity (Wildman–Crippen MR) is 71.1 cm³/mol. The second-order valence-corrected chi connectivity index (χ2v) is 5.28. The Hall–Kier alpha value is -2.13. The van der Waals surface area contributed by atoms with Crippen LogP contribution in [0.3, 0.4) is 0 Å². The molecule has 2 rings (SSSR count). The molecule has 1 fully saturated rings. The number of hydrogen-bond acceptors (Lipinski definition) is 5. The summed E-state index contributed by atoms with van der Waals surface area (Å²) in [5.41, 5.74) is 0.241. The molecule has 1 saturated carbocycles. The zero-order chi connectivity index (χ0) is 14.8. The molecule has 20 heavy (non-hydrogen) atoms. The second-order valence-electron chi connectivity index (χ2n) is 5.28. The number of nitro benzene ring substituents is 1. The lowest BCUT2D eigenvalue weighted by atomic mass is 10.0. The molecule has 0 saturated heterocycles. The molecule has 0 bridgehead atoms. The van der Waals surface area contributed by atoms with Crippen molar-refractivity contribution in [3.63, 3.8) is 0 Å². The molecule has 0 heterocycles. The SMILES string of the molecule is C[C@@H](O)c1cc([N+](=O)[O-])ccc1OCC1(CC#N)CC1. The maximum Gasteiger partial charge on any atom is 0.270 e. The monoisotopic (exact) mass is 276 g/mol. The minimum Gasteiger partial charge on any atom is -0.493 e. The number of rotatable bonds is 6. The van der Waals surface area contributed by atoms with Crippen LogP contribution < -0.4 is 4.74 Å². The lowest BCUT2D eigenvalue weighted by molar-refractivity contribution is -0.385. The highest BCUT2D eigenvalue weighted by Gasteiger charge is 2.43. The number of benzene rings is 1. The summed E-state index contributed by atoms with van der Waals surface area (Å²) in [7, 11) is 0. The van der Waals surface area contributed by atoms with Crippen molar-refractivity contribution in [3.8, 4) is 11.8 Å². The molecule has 6 heteroatoms. The van der Waals surface area contributed by atoms with Gasteiger partial charge in [-0.1, -0.05) is 0 Å². The van der Waals surface area contributed by atoms with E-state index in [1.54, 1.807) is 0 Å². The Morgan fingerprint density at radius 1 is 1.60 bits per heavy atom. The summed E-state index contributed by atoms with van der Waals surface area (Å²) in [6, 6.07) is 6.33. The normalized spacial score (nSPS) is 17.1. The molecule has 0 amide bonds. The molecule has 1 aromatic rings. The summed E-state index contributed by atoms with van der Waals surface area (Å²) in [5, 5.41) is 29.2. The fourth-order valence-electron chi connectivity index (χ4n) is 2.05. The summed E-state index contributed by atoms with van der Waals surface area (Å²) < 4.78 is 5.68. The van der Waals surface area contributed by atoms with Crippen molar-refractivity contribution >= 4 is 5.69 Å². The zero-order valence-corrected chi connectivity index (χ0v) is 11.2. The maximum atomic E-state index is 10.7. The number of nitro groups is 1. The van der Waals surface area contributed by atoms with Crippen molar-refractivity contribution in [2.75, 3.05) is 6.61 Å². The largest absolute Gasteiger partial charge is 0.493 e. The first kappa shape index (κ1) is 14.3. The van der Waals surface area contributed by atoms with Gasteiger partial charge >= 0.3 is 0 Å². The summed E-state index contributed by atoms with van der Waals surface area (Å²) in [4.78, 5) is 10.2. The molecule has 106 valence electrons. The van der Waals surface area contributed by atoms with E-state index in [0.29, 0.717) is 24.3 Å². The average molecular weight is 276 g/mol. The Bertz CT molecular complexity index is 559. The van der Waals surface area contributed by atoms with Gasteiger partial charge in [-0.25, -0.2) is 0 Å². The average Bonchev–Trinajstić information content (AvgIpc) is 3.16. The Labute approximate surface area is 116 Å². The Morgan fingerprint density at radius 2 is 2.30 bits per heavy atom. The molecule has 6 nitrogen and oxygen atoms in total. The predicted octanol–water partition coefficient (Wildman–Crippen LogP) is 2.72. The first-order chi connectivity index (χ1) is 9.47. The van der Waals surface area contributed by atoms with Crippen LogP contribution >= 0.6 is 0 Å². The first-order valence-electron chi connectivity index (χ1n) is 6.44. The van der Waals surface area contributed by atoms with Crippen LogP contribution in [0.4, 0.5) is 5.69 Å². The minimum absolute atomic E-state index is 0.0769. The first-order valence-corrected chi connectivity index (χ1v) is 6.44. The molecule has 0 radical (unpaired) electrons. The van der Waals surface area contributed by atoms with Gasteiger partial charge in [-0.05, 0) is 25.8 Å². The molecular formula is C14H16N2O4. The molecule has 1 aromatic carbocycles. The Kier molecular flexibility index (Phi) is 3.91. The van der Waals surface area contributed by atoms with E-state index in [9.17, 15) is 15.2 Å². The number of aliphatic hydroxyl groups excluding tert-OH is 1. The van der Waals surface area contributed by atoms with Crippen molar-refractivity contribution < 1.29 is 14.8 Å². The van der Waals surface area contributed by atoms with E-state index in [0.717, 1.165) is 12.8 Å². The van der Waals surface area contributed by atoms with Crippen LogP contribution in [0.25, 0.3) is 0 Å². The van der Waals surface area contributed by atoms with Crippen LogP contribution in [-0.2, 0) is 0 Å². The highest BCUT2D eigenvalue weighted by atomic mass is 16.6. The van der Waals surface area contributed by atoms with Gasteiger partial charge < -0.3 is 9.84 Å². The summed E-state index contributed by atoms with van der Waals surface area (Å²) in [5.74, 6) is 0.440. The van der Waals surface area contributed by atoms with E-state index >= 15 is 0 Å². The number of nitriles is 1. The van der Waals surface area contributed by atoms with Crippen molar-refractivity contribution in [3.05, 3.63) is 33.9 Å². The Morgan fingerprint density at radius 3 is 2.80 bits per heavy atom. The molecule has 1 atom stereocenters. The van der Waals surface area contributed by atoms with Gasteiger partial charge in [0.1, 0.15) is 5.75 Å². The van der Waals surface area contributed by atoms with Crippen molar-refractivity contribution in [1.29, 1.82) is 5.26 Å². The van der Waals surface area contributed by atoms with Crippen LogP contribution in [-0.4, -0.2) is 16.6 Å². The van der Waals surface area contributed by atoms with E-state index in [4.69, 9.17) is 10.00 Å². The van der Waals surface area contributed by atoms with Gasteiger partial charge in [0.2, 0.25) is 0 Å². The van der Waals surface area contributed by atoms with Crippen LogP contribution in [0.1, 0.15) is 37.9 Å². The number of non-ortho nitro benzene ring substituents is 1. The third kappa shape index (κ3) is 3.06. The van der Waals surface area contributed by atoms with Crippen molar-refractivity contribution in [1.82, 2.24) is 0 Å². The van der Waals surface area contributed by atoms with Crippen LogP contribution in [0.5, 0.6) is 5.75 Å². The third-order valence-corrected chi connectivity index (χ3v) is 3.60. The minimum atomic E-state index is -0.851. The highest BCUT2D eigenvalue weighted by molar-refractivity contribution is 5.44. The number of nitrogens with zero attached hydrogens (tertiary/aromatic N) is 2. The standard InChI is InChI=1S/C14H16N2O4/c1-10(17)12-8-11(16(18)19)2-3-13(12)20-9-14(4-5-14)6-7-15/h2-3,8,10,17H,4-6,9H2,1H3/t10-/m1/s1. The van der Waals surface area contributed by atoms with Gasteiger partial charge in [-0.3, -0.25) is 10.1 Å². The van der Waals surface area contributed by atoms with E-state index in [1.165, 1.54) is 25.1 Å². The van der Waals surface area contributed by atoms with E-state index < -0.39 is 11.0 Å². The molecule has 0 unspecified atom stereocenters. The van der Waals surface area contributed by atoms with Crippen LogP contribution in [0.2, 0.25) is 0 Å². The second kappa shape index (κ2) is 5.47. The fraction of sp³-hybridized carbons (Fsp3) is 0.500. The molecule has 0 aromatic heterocycles. The zero-order valence-electron chi connectivity index (χ0n) is 11.2. The molecule has 0 aliphatic heterocycles. The van der Waals surface area contributed by atoms with Crippen LogP contribution in [0, 0.1) is 26.9 Å². The number of hydrogen-bond donors (Lipinski definition) is 1. The highest BCUT2D eigenvalue weighted by Crippen LogP contribution is 2.49. The Balaban J connectivity index is 2.15. The molecule has 1 aliphatic rings. The van der Waals surface area contributed by atoms with Gasteiger partial charge in [0.15, 0.2) is 0 Å². The number of ether oxygens (including phenoxy) is 1. The summed E-state index contributed by atoms with van der Waals surface area (Å²) >= 11 is 0.